The van der Waals surface area contributed by atoms with E-state index in [-0.39, 0.29) is 29.1 Å². The standard InChI is InChI=1S/C32H38FN3O5S/c1-3-28(32(38)34-26-12-8-9-13-26)35(22-24-18-20-25(33)21-19-24)31(37)23-36(29-16-10-11-17-30(29)41-4-2)42(39,40)27-14-6-5-7-15-27/h5-7,10-11,14-21,26,28H,3-4,8-9,12-13,22-23H2,1-2H3,(H,34,38)/t28-/m1/s1. The van der Waals surface area contributed by atoms with Gasteiger partial charge in [0.1, 0.15) is 24.2 Å². The first-order valence-corrected chi connectivity index (χ1v) is 15.8. The average molecular weight is 596 g/mol. The molecule has 1 atom stereocenters. The van der Waals surface area contributed by atoms with Crippen LogP contribution in [0.3, 0.4) is 0 Å². The lowest BCUT2D eigenvalue weighted by atomic mass is 10.1. The zero-order chi connectivity index (χ0) is 30.1. The fraction of sp³-hybridized carbons (Fsp3) is 0.375. The predicted octanol–water partition coefficient (Wildman–Crippen LogP) is 5.29. The second kappa shape index (κ2) is 14.3. The quantitative estimate of drug-likeness (QED) is 0.290. The second-order valence-electron chi connectivity index (χ2n) is 10.3. The summed E-state index contributed by atoms with van der Waals surface area (Å²) in [6.07, 6.45) is 4.14. The maximum atomic E-state index is 14.2. The van der Waals surface area contributed by atoms with Crippen LogP contribution in [0.25, 0.3) is 0 Å². The minimum atomic E-state index is -4.22. The number of sulfonamides is 1. The van der Waals surface area contributed by atoms with Gasteiger partial charge in [0.15, 0.2) is 0 Å². The maximum absolute atomic E-state index is 14.2. The van der Waals surface area contributed by atoms with Crippen LogP contribution in [0.2, 0.25) is 0 Å². The van der Waals surface area contributed by atoms with E-state index in [2.05, 4.69) is 5.32 Å². The molecule has 1 fully saturated rings. The van der Waals surface area contributed by atoms with Crippen molar-refractivity contribution < 1.29 is 27.1 Å². The molecule has 8 nitrogen and oxygen atoms in total. The molecule has 42 heavy (non-hydrogen) atoms. The van der Waals surface area contributed by atoms with Crippen molar-refractivity contribution in [3.63, 3.8) is 0 Å². The molecule has 1 aliphatic carbocycles. The van der Waals surface area contributed by atoms with Gasteiger partial charge in [-0.25, -0.2) is 12.8 Å². The number of hydrogen-bond donors (Lipinski definition) is 1. The smallest absolute Gasteiger partial charge is 0.264 e. The Labute approximate surface area is 247 Å². The van der Waals surface area contributed by atoms with Crippen molar-refractivity contribution in [2.45, 2.75) is 69.5 Å². The third-order valence-corrected chi connectivity index (χ3v) is 9.17. The lowest BCUT2D eigenvalue weighted by Crippen LogP contribution is -2.53. The normalized spacial score (nSPS) is 14.3. The molecule has 0 unspecified atom stereocenters. The van der Waals surface area contributed by atoms with Gasteiger partial charge in [0.25, 0.3) is 10.0 Å². The fourth-order valence-electron chi connectivity index (χ4n) is 5.25. The van der Waals surface area contributed by atoms with Crippen LogP contribution in [0.1, 0.15) is 51.5 Å². The van der Waals surface area contributed by atoms with Gasteiger partial charge in [-0.2, -0.15) is 0 Å². The van der Waals surface area contributed by atoms with Crippen LogP contribution in [-0.2, 0) is 26.2 Å². The summed E-state index contributed by atoms with van der Waals surface area (Å²) >= 11 is 0. The number of halogens is 1. The first-order chi connectivity index (χ1) is 20.2. The number of nitrogens with zero attached hydrogens (tertiary/aromatic N) is 2. The topological polar surface area (TPSA) is 96.0 Å². The molecule has 4 rings (SSSR count). The molecule has 1 saturated carbocycles. The van der Waals surface area contributed by atoms with E-state index in [4.69, 9.17) is 4.74 Å². The Morgan fingerprint density at radius 2 is 1.60 bits per heavy atom. The Bertz CT molecular complexity index is 1440. The molecular weight excluding hydrogens is 557 g/mol. The molecule has 1 aliphatic rings. The fourth-order valence-corrected chi connectivity index (χ4v) is 6.69. The zero-order valence-corrected chi connectivity index (χ0v) is 24.9. The van der Waals surface area contributed by atoms with Crippen molar-refractivity contribution >= 4 is 27.5 Å². The van der Waals surface area contributed by atoms with E-state index in [1.165, 1.54) is 29.2 Å². The van der Waals surface area contributed by atoms with E-state index in [9.17, 15) is 22.4 Å². The molecule has 10 heteroatoms. The maximum Gasteiger partial charge on any atom is 0.264 e. The van der Waals surface area contributed by atoms with Crippen molar-refractivity contribution in [3.05, 3.63) is 90.2 Å². The molecule has 0 radical (unpaired) electrons. The van der Waals surface area contributed by atoms with Crippen molar-refractivity contribution in [2.75, 3.05) is 17.5 Å². The minimum absolute atomic E-state index is 0.00202. The van der Waals surface area contributed by atoms with Crippen molar-refractivity contribution in [1.29, 1.82) is 0 Å². The molecule has 0 aromatic heterocycles. The van der Waals surface area contributed by atoms with Gasteiger partial charge in [-0.3, -0.25) is 13.9 Å². The van der Waals surface area contributed by atoms with E-state index in [0.29, 0.717) is 24.3 Å². The predicted molar refractivity (Wildman–Crippen MR) is 160 cm³/mol. The van der Waals surface area contributed by atoms with E-state index in [0.717, 1.165) is 30.0 Å². The minimum Gasteiger partial charge on any atom is -0.492 e. The van der Waals surface area contributed by atoms with Gasteiger partial charge in [-0.05, 0) is 68.1 Å². The summed E-state index contributed by atoms with van der Waals surface area (Å²) in [6.45, 7) is 3.32. The molecule has 0 heterocycles. The lowest BCUT2D eigenvalue weighted by molar-refractivity contribution is -0.140. The molecule has 3 aromatic carbocycles. The van der Waals surface area contributed by atoms with E-state index in [1.807, 2.05) is 6.92 Å². The Kier molecular flexibility index (Phi) is 10.6. The summed E-state index contributed by atoms with van der Waals surface area (Å²) < 4.78 is 48.5. The number of amides is 2. The van der Waals surface area contributed by atoms with Crippen LogP contribution in [0.4, 0.5) is 10.1 Å². The molecule has 2 amide bonds. The number of carbonyl (C=O) groups excluding carboxylic acids is 2. The Hall–Kier alpha value is -3.92. The van der Waals surface area contributed by atoms with Crippen LogP contribution in [0, 0.1) is 5.82 Å². The Morgan fingerprint density at radius 3 is 2.24 bits per heavy atom. The molecule has 0 spiro atoms. The van der Waals surface area contributed by atoms with Gasteiger partial charge in [-0.1, -0.05) is 62.2 Å². The number of rotatable bonds is 13. The van der Waals surface area contributed by atoms with Crippen LogP contribution in [0.15, 0.2) is 83.8 Å². The monoisotopic (exact) mass is 595 g/mol. The highest BCUT2D eigenvalue weighted by atomic mass is 32.2. The molecular formula is C32H38FN3O5S. The highest BCUT2D eigenvalue weighted by Crippen LogP contribution is 2.33. The van der Waals surface area contributed by atoms with Crippen LogP contribution in [-0.4, -0.2) is 50.4 Å². The highest BCUT2D eigenvalue weighted by Gasteiger charge is 2.35. The number of ether oxygens (including phenoxy) is 1. The Balaban J connectivity index is 1.74. The summed E-state index contributed by atoms with van der Waals surface area (Å²) in [5.41, 5.74) is 0.825. The largest absolute Gasteiger partial charge is 0.492 e. The van der Waals surface area contributed by atoms with Gasteiger partial charge in [0, 0.05) is 12.6 Å². The van der Waals surface area contributed by atoms with Gasteiger partial charge in [0.2, 0.25) is 11.8 Å². The van der Waals surface area contributed by atoms with E-state index in [1.54, 1.807) is 61.5 Å². The third kappa shape index (κ3) is 7.47. The lowest BCUT2D eigenvalue weighted by Gasteiger charge is -2.34. The van der Waals surface area contributed by atoms with Crippen LogP contribution in [0.5, 0.6) is 5.75 Å². The molecule has 0 bridgehead atoms. The second-order valence-corrected chi connectivity index (χ2v) is 12.1. The number of nitrogens with one attached hydrogen (secondary N) is 1. The first-order valence-electron chi connectivity index (χ1n) is 14.4. The van der Waals surface area contributed by atoms with Gasteiger partial charge >= 0.3 is 0 Å². The molecule has 3 aromatic rings. The van der Waals surface area contributed by atoms with Gasteiger partial charge in [0.05, 0.1) is 17.2 Å². The van der Waals surface area contributed by atoms with Crippen LogP contribution >= 0.6 is 0 Å². The average Bonchev–Trinajstić information content (AvgIpc) is 3.50. The summed E-state index contributed by atoms with van der Waals surface area (Å²) in [7, 11) is -4.22. The van der Waals surface area contributed by atoms with Crippen molar-refractivity contribution in [1.82, 2.24) is 10.2 Å². The summed E-state index contributed by atoms with van der Waals surface area (Å²) in [5.74, 6) is -0.968. The molecule has 224 valence electrons. The van der Waals surface area contributed by atoms with Crippen molar-refractivity contribution in [3.8, 4) is 5.75 Å². The number of hydrogen-bond acceptors (Lipinski definition) is 5. The summed E-state index contributed by atoms with van der Waals surface area (Å²) in [6, 6.07) is 19.4. The van der Waals surface area contributed by atoms with Gasteiger partial charge in [-0.15, -0.1) is 0 Å². The SMILES string of the molecule is CCOc1ccccc1N(CC(=O)N(Cc1ccc(F)cc1)[C@H](CC)C(=O)NC1CCCC1)S(=O)(=O)c1ccccc1. The van der Waals surface area contributed by atoms with E-state index < -0.39 is 34.3 Å². The Morgan fingerprint density at radius 1 is 0.952 bits per heavy atom. The molecule has 0 saturated heterocycles. The van der Waals surface area contributed by atoms with Crippen molar-refractivity contribution in [2.24, 2.45) is 0 Å². The van der Waals surface area contributed by atoms with E-state index >= 15 is 0 Å². The summed E-state index contributed by atoms with van der Waals surface area (Å²) in [5, 5.41) is 3.08. The number of anilines is 1. The third-order valence-electron chi connectivity index (χ3n) is 7.40. The number of carbonyl (C=O) groups is 2. The molecule has 0 aliphatic heterocycles. The summed E-state index contributed by atoms with van der Waals surface area (Å²) in [4.78, 5) is 29.1. The molecule has 1 N–H and O–H groups in total. The highest BCUT2D eigenvalue weighted by molar-refractivity contribution is 7.92. The number of benzene rings is 3. The van der Waals surface area contributed by atoms with Crippen LogP contribution < -0.4 is 14.4 Å². The zero-order valence-electron chi connectivity index (χ0n) is 24.0. The number of para-hydroxylation sites is 2. The van der Waals surface area contributed by atoms with Gasteiger partial charge < -0.3 is 15.0 Å². The first kappa shape index (κ1) is 31.0.